The number of hydrogen-bond acceptors (Lipinski definition) is 4. The fraction of sp³-hybridized carbons (Fsp3) is 0.176. The number of halogens is 1. The van der Waals surface area contributed by atoms with Gasteiger partial charge in [0.2, 0.25) is 0 Å². The van der Waals surface area contributed by atoms with Crippen LogP contribution in [0.15, 0.2) is 47.6 Å². The lowest BCUT2D eigenvalue weighted by Gasteiger charge is -2.18. The summed E-state index contributed by atoms with van der Waals surface area (Å²) < 4.78 is 11.0. The molecule has 1 N–H and O–H groups in total. The molecule has 0 atom stereocenters. The van der Waals surface area contributed by atoms with E-state index in [9.17, 15) is 4.79 Å². The third-order valence-electron chi connectivity index (χ3n) is 3.39. The molecule has 3 rings (SSSR count). The van der Waals surface area contributed by atoms with Gasteiger partial charge in [0.25, 0.3) is 5.91 Å². The van der Waals surface area contributed by atoms with Crippen molar-refractivity contribution in [3.63, 3.8) is 0 Å². The van der Waals surface area contributed by atoms with E-state index in [1.54, 1.807) is 24.3 Å². The zero-order valence-electron chi connectivity index (χ0n) is 12.5. The van der Waals surface area contributed by atoms with Crippen molar-refractivity contribution in [2.24, 2.45) is 5.10 Å². The summed E-state index contributed by atoms with van der Waals surface area (Å²) >= 11 is 5.80. The average molecular weight is 331 g/mol. The second-order valence-electron chi connectivity index (χ2n) is 5.00. The van der Waals surface area contributed by atoms with Crippen molar-refractivity contribution >= 4 is 23.2 Å². The van der Waals surface area contributed by atoms with Crippen molar-refractivity contribution in [3.05, 3.63) is 58.6 Å². The molecule has 0 fully saturated rings. The molecule has 2 aromatic carbocycles. The van der Waals surface area contributed by atoms with Gasteiger partial charge in [0.05, 0.1) is 5.71 Å². The van der Waals surface area contributed by atoms with E-state index in [1.807, 2.05) is 25.1 Å². The van der Waals surface area contributed by atoms with Gasteiger partial charge in [0, 0.05) is 16.1 Å². The minimum absolute atomic E-state index is 0.293. The molecule has 0 spiro atoms. The summed E-state index contributed by atoms with van der Waals surface area (Å²) in [4.78, 5) is 12.0. The summed E-state index contributed by atoms with van der Waals surface area (Å²) in [6, 6.07) is 12.2. The predicted molar refractivity (Wildman–Crippen MR) is 88.6 cm³/mol. The quantitative estimate of drug-likeness (QED) is 0.694. The largest absolute Gasteiger partial charge is 0.486 e. The number of ether oxygens (including phenoxy) is 2. The van der Waals surface area contributed by atoms with Gasteiger partial charge in [-0.1, -0.05) is 11.6 Å². The number of carbonyl (C=O) groups excluding carboxylic acids is 1. The van der Waals surface area contributed by atoms with Crippen molar-refractivity contribution in [1.82, 2.24) is 5.43 Å². The molecule has 0 radical (unpaired) electrons. The Balaban J connectivity index is 1.72. The topological polar surface area (TPSA) is 59.9 Å². The van der Waals surface area contributed by atoms with Crippen LogP contribution in [0.2, 0.25) is 5.02 Å². The van der Waals surface area contributed by atoms with E-state index in [1.165, 1.54) is 0 Å². The van der Waals surface area contributed by atoms with Gasteiger partial charge in [-0.3, -0.25) is 4.79 Å². The van der Waals surface area contributed by atoms with Crippen LogP contribution in [-0.2, 0) is 0 Å². The molecule has 6 heteroatoms. The molecule has 1 aliphatic heterocycles. The first-order valence-corrected chi connectivity index (χ1v) is 7.51. The Bertz CT molecular complexity index is 757. The Kier molecular flexibility index (Phi) is 4.48. The van der Waals surface area contributed by atoms with Gasteiger partial charge >= 0.3 is 0 Å². The molecule has 5 nitrogen and oxygen atoms in total. The van der Waals surface area contributed by atoms with E-state index in [2.05, 4.69) is 10.5 Å². The van der Waals surface area contributed by atoms with Crippen LogP contribution in [0.5, 0.6) is 11.5 Å². The molecule has 0 aliphatic carbocycles. The van der Waals surface area contributed by atoms with Crippen LogP contribution in [0.4, 0.5) is 0 Å². The van der Waals surface area contributed by atoms with Gasteiger partial charge in [-0.2, -0.15) is 5.10 Å². The normalized spacial score (nSPS) is 13.6. The number of hydrazone groups is 1. The molecule has 0 unspecified atom stereocenters. The van der Waals surface area contributed by atoms with E-state index >= 15 is 0 Å². The number of nitrogens with one attached hydrogen (secondary N) is 1. The first-order chi connectivity index (χ1) is 11.1. The van der Waals surface area contributed by atoms with Crippen molar-refractivity contribution in [3.8, 4) is 11.5 Å². The van der Waals surface area contributed by atoms with E-state index in [0.29, 0.717) is 35.3 Å². The minimum Gasteiger partial charge on any atom is -0.486 e. The summed E-state index contributed by atoms with van der Waals surface area (Å²) in [6.45, 7) is 2.89. The number of rotatable bonds is 3. The standard InChI is InChI=1S/C17H15ClN2O3/c1-11(13-4-7-15-16(10-13)23-9-8-22-15)19-20-17(21)12-2-5-14(18)6-3-12/h2-7,10H,8-9H2,1H3,(H,20,21)/b19-11-. The smallest absolute Gasteiger partial charge is 0.271 e. The van der Waals surface area contributed by atoms with Gasteiger partial charge < -0.3 is 9.47 Å². The van der Waals surface area contributed by atoms with Crippen molar-refractivity contribution in [2.75, 3.05) is 13.2 Å². The zero-order chi connectivity index (χ0) is 16.2. The molecule has 1 aliphatic rings. The van der Waals surface area contributed by atoms with E-state index < -0.39 is 0 Å². The lowest BCUT2D eigenvalue weighted by atomic mass is 10.1. The zero-order valence-corrected chi connectivity index (χ0v) is 13.3. The van der Waals surface area contributed by atoms with Crippen LogP contribution in [-0.4, -0.2) is 24.8 Å². The summed E-state index contributed by atoms with van der Waals surface area (Å²) in [5.74, 6) is 1.11. The van der Waals surface area contributed by atoms with Crippen LogP contribution in [0.3, 0.4) is 0 Å². The van der Waals surface area contributed by atoms with Gasteiger partial charge in [0.15, 0.2) is 11.5 Å². The van der Waals surface area contributed by atoms with Crippen LogP contribution >= 0.6 is 11.6 Å². The molecular weight excluding hydrogens is 316 g/mol. The lowest BCUT2D eigenvalue weighted by Crippen LogP contribution is -2.19. The molecule has 0 saturated carbocycles. The Morgan fingerprint density at radius 2 is 1.70 bits per heavy atom. The maximum absolute atomic E-state index is 12.0. The second-order valence-corrected chi connectivity index (χ2v) is 5.44. The Morgan fingerprint density at radius 3 is 2.43 bits per heavy atom. The lowest BCUT2D eigenvalue weighted by molar-refractivity contribution is 0.0955. The summed E-state index contributed by atoms with van der Waals surface area (Å²) in [5, 5.41) is 4.71. The molecule has 118 valence electrons. The highest BCUT2D eigenvalue weighted by atomic mass is 35.5. The predicted octanol–water partition coefficient (Wildman–Crippen LogP) is 3.27. The molecule has 1 heterocycles. The molecule has 1 amide bonds. The maximum atomic E-state index is 12.0. The highest BCUT2D eigenvalue weighted by molar-refractivity contribution is 6.30. The van der Waals surface area contributed by atoms with Crippen molar-refractivity contribution < 1.29 is 14.3 Å². The van der Waals surface area contributed by atoms with Crippen LogP contribution in [0, 0.1) is 0 Å². The van der Waals surface area contributed by atoms with Gasteiger partial charge in [-0.15, -0.1) is 0 Å². The first kappa shape index (κ1) is 15.4. The summed E-state index contributed by atoms with van der Waals surface area (Å²) in [7, 11) is 0. The number of fused-ring (bicyclic) bond motifs is 1. The SMILES string of the molecule is C/C(=N/NC(=O)c1ccc(Cl)cc1)c1ccc2c(c1)OCCO2. The Hall–Kier alpha value is -2.53. The number of nitrogens with zero attached hydrogens (tertiary/aromatic N) is 1. The molecule has 0 aromatic heterocycles. The number of amides is 1. The Morgan fingerprint density at radius 1 is 1.04 bits per heavy atom. The number of hydrogen-bond donors (Lipinski definition) is 1. The molecule has 23 heavy (non-hydrogen) atoms. The monoisotopic (exact) mass is 330 g/mol. The van der Waals surface area contributed by atoms with Crippen LogP contribution in [0.25, 0.3) is 0 Å². The van der Waals surface area contributed by atoms with Crippen LogP contribution < -0.4 is 14.9 Å². The van der Waals surface area contributed by atoms with Gasteiger partial charge in [-0.25, -0.2) is 5.43 Å². The fourth-order valence-electron chi connectivity index (χ4n) is 2.13. The highest BCUT2D eigenvalue weighted by Crippen LogP contribution is 2.30. The van der Waals surface area contributed by atoms with Gasteiger partial charge in [0.1, 0.15) is 13.2 Å². The Labute approximate surface area is 138 Å². The molecule has 0 saturated heterocycles. The third kappa shape index (κ3) is 3.63. The minimum atomic E-state index is -0.293. The number of benzene rings is 2. The van der Waals surface area contributed by atoms with Crippen molar-refractivity contribution in [2.45, 2.75) is 6.92 Å². The fourth-order valence-corrected chi connectivity index (χ4v) is 2.26. The van der Waals surface area contributed by atoms with E-state index in [4.69, 9.17) is 21.1 Å². The molecule has 0 bridgehead atoms. The first-order valence-electron chi connectivity index (χ1n) is 7.14. The second kappa shape index (κ2) is 6.71. The van der Waals surface area contributed by atoms with E-state index in [-0.39, 0.29) is 5.91 Å². The summed E-state index contributed by atoms with van der Waals surface area (Å²) in [6.07, 6.45) is 0. The third-order valence-corrected chi connectivity index (χ3v) is 3.64. The summed E-state index contributed by atoms with van der Waals surface area (Å²) in [5.41, 5.74) is 4.55. The molecular formula is C17H15ClN2O3. The van der Waals surface area contributed by atoms with E-state index in [0.717, 1.165) is 11.3 Å². The van der Waals surface area contributed by atoms with Gasteiger partial charge in [-0.05, 0) is 49.4 Å². The maximum Gasteiger partial charge on any atom is 0.271 e. The van der Waals surface area contributed by atoms with Crippen molar-refractivity contribution in [1.29, 1.82) is 0 Å². The number of carbonyl (C=O) groups is 1. The van der Waals surface area contributed by atoms with Crippen LogP contribution in [0.1, 0.15) is 22.8 Å². The highest BCUT2D eigenvalue weighted by Gasteiger charge is 2.13. The average Bonchev–Trinajstić information content (AvgIpc) is 2.59. The molecule has 2 aromatic rings.